The molecule has 0 heterocycles. The lowest BCUT2D eigenvalue weighted by molar-refractivity contribution is -0.139. The Kier molecular flexibility index (Phi) is 5.92. The van der Waals surface area contributed by atoms with Gasteiger partial charge in [-0.1, -0.05) is 67.1 Å². The number of rotatable bonds is 5. The molecule has 0 aliphatic heterocycles. The van der Waals surface area contributed by atoms with Gasteiger partial charge in [0, 0.05) is 13.1 Å². The van der Waals surface area contributed by atoms with Gasteiger partial charge in [-0.3, -0.25) is 9.59 Å². The Labute approximate surface area is 136 Å². The Balaban J connectivity index is 1.76. The zero-order valence-corrected chi connectivity index (χ0v) is 13.5. The van der Waals surface area contributed by atoms with Crippen LogP contribution >= 0.6 is 0 Å². The van der Waals surface area contributed by atoms with Gasteiger partial charge in [0.05, 0.1) is 0 Å². The van der Waals surface area contributed by atoms with E-state index in [1.54, 1.807) is 0 Å². The molecule has 2 amide bonds. The van der Waals surface area contributed by atoms with Crippen molar-refractivity contribution in [1.82, 2.24) is 10.6 Å². The van der Waals surface area contributed by atoms with Crippen LogP contribution in [-0.2, 0) is 16.1 Å². The van der Waals surface area contributed by atoms with E-state index in [0.29, 0.717) is 13.1 Å². The number of aryl methyl sites for hydroxylation is 1. The highest BCUT2D eigenvalue weighted by molar-refractivity contribution is 6.35. The molecule has 0 fully saturated rings. The van der Waals surface area contributed by atoms with E-state index in [9.17, 15) is 9.59 Å². The number of nitrogens with one attached hydrogen (secondary N) is 2. The van der Waals surface area contributed by atoms with Crippen LogP contribution in [0.4, 0.5) is 0 Å². The number of amides is 2. The molecule has 23 heavy (non-hydrogen) atoms. The average molecular weight is 310 g/mol. The van der Waals surface area contributed by atoms with Gasteiger partial charge in [-0.15, -0.1) is 0 Å². The van der Waals surface area contributed by atoms with Crippen LogP contribution in [0.5, 0.6) is 0 Å². The molecule has 0 unspecified atom stereocenters. The Morgan fingerprint density at radius 3 is 2.17 bits per heavy atom. The average Bonchev–Trinajstić information content (AvgIpc) is 2.59. The molecular formula is C19H22N2O2. The molecule has 0 aliphatic rings. The lowest BCUT2D eigenvalue weighted by atomic mass is 10.0. The van der Waals surface area contributed by atoms with E-state index in [0.717, 1.165) is 16.7 Å². The van der Waals surface area contributed by atoms with Gasteiger partial charge in [-0.25, -0.2) is 0 Å². The summed E-state index contributed by atoms with van der Waals surface area (Å²) >= 11 is 0. The second-order valence-corrected chi connectivity index (χ2v) is 5.69. The van der Waals surface area contributed by atoms with Gasteiger partial charge >= 0.3 is 11.8 Å². The number of benzene rings is 2. The molecule has 0 spiro atoms. The van der Waals surface area contributed by atoms with Gasteiger partial charge in [-0.2, -0.15) is 0 Å². The van der Waals surface area contributed by atoms with Crippen molar-refractivity contribution in [1.29, 1.82) is 0 Å². The maximum Gasteiger partial charge on any atom is 0.309 e. The molecule has 1 atom stereocenters. The van der Waals surface area contributed by atoms with E-state index >= 15 is 0 Å². The minimum atomic E-state index is -0.606. The predicted octanol–water partition coefficient (Wildman–Crippen LogP) is 2.53. The van der Waals surface area contributed by atoms with Crippen molar-refractivity contribution < 1.29 is 9.59 Å². The fraction of sp³-hybridized carbons (Fsp3) is 0.263. The van der Waals surface area contributed by atoms with Crippen molar-refractivity contribution in [2.24, 2.45) is 0 Å². The number of carbonyl (C=O) groups is 2. The quantitative estimate of drug-likeness (QED) is 0.834. The molecule has 0 bridgehead atoms. The van der Waals surface area contributed by atoms with E-state index in [4.69, 9.17) is 0 Å². The standard InChI is InChI=1S/C19H22N2O2/c1-14-8-10-16(11-9-14)13-21-19(23)18(22)20-12-15(2)17-6-4-3-5-7-17/h3-11,15H,12-13H2,1-2H3,(H,20,22)(H,21,23)/t15-/m0/s1. The van der Waals surface area contributed by atoms with Gasteiger partial charge in [0.2, 0.25) is 0 Å². The van der Waals surface area contributed by atoms with Crippen LogP contribution in [0.2, 0.25) is 0 Å². The van der Waals surface area contributed by atoms with Crippen LogP contribution < -0.4 is 10.6 Å². The van der Waals surface area contributed by atoms with Gasteiger partial charge in [-0.05, 0) is 24.0 Å². The first-order valence-electron chi connectivity index (χ1n) is 7.73. The van der Waals surface area contributed by atoms with Crippen LogP contribution in [0.3, 0.4) is 0 Å². The smallest absolute Gasteiger partial charge is 0.309 e. The molecule has 0 saturated carbocycles. The zero-order chi connectivity index (χ0) is 16.7. The van der Waals surface area contributed by atoms with Crippen molar-refractivity contribution in [2.75, 3.05) is 6.54 Å². The van der Waals surface area contributed by atoms with E-state index in [1.807, 2.05) is 68.4 Å². The van der Waals surface area contributed by atoms with E-state index < -0.39 is 11.8 Å². The number of carbonyl (C=O) groups excluding carboxylic acids is 2. The Morgan fingerprint density at radius 2 is 1.52 bits per heavy atom. The molecule has 4 nitrogen and oxygen atoms in total. The summed E-state index contributed by atoms with van der Waals surface area (Å²) in [4.78, 5) is 23.6. The SMILES string of the molecule is Cc1ccc(CNC(=O)C(=O)NC[C@H](C)c2ccccc2)cc1. The molecule has 0 aliphatic carbocycles. The molecule has 2 aromatic carbocycles. The molecule has 0 radical (unpaired) electrons. The number of hydrogen-bond donors (Lipinski definition) is 2. The van der Waals surface area contributed by atoms with Gasteiger partial charge in [0.1, 0.15) is 0 Å². The van der Waals surface area contributed by atoms with E-state index in [2.05, 4.69) is 10.6 Å². The van der Waals surface area contributed by atoms with Crippen LogP contribution in [0.25, 0.3) is 0 Å². The van der Waals surface area contributed by atoms with Crippen molar-refractivity contribution in [2.45, 2.75) is 26.3 Å². The highest BCUT2D eigenvalue weighted by Crippen LogP contribution is 2.12. The lowest BCUT2D eigenvalue weighted by Crippen LogP contribution is -2.40. The molecule has 2 N–H and O–H groups in total. The largest absolute Gasteiger partial charge is 0.347 e. The highest BCUT2D eigenvalue weighted by Gasteiger charge is 2.14. The first-order chi connectivity index (χ1) is 11.1. The first kappa shape index (κ1) is 16.7. The minimum Gasteiger partial charge on any atom is -0.347 e. The fourth-order valence-electron chi connectivity index (χ4n) is 2.19. The van der Waals surface area contributed by atoms with E-state index in [-0.39, 0.29) is 5.92 Å². The summed E-state index contributed by atoms with van der Waals surface area (Å²) in [5, 5.41) is 5.31. The van der Waals surface area contributed by atoms with Gasteiger partial charge < -0.3 is 10.6 Å². The first-order valence-corrected chi connectivity index (χ1v) is 7.73. The summed E-state index contributed by atoms with van der Waals surface area (Å²) in [5.41, 5.74) is 3.26. The lowest BCUT2D eigenvalue weighted by Gasteiger charge is -2.13. The van der Waals surface area contributed by atoms with E-state index in [1.165, 1.54) is 0 Å². The molecule has 0 aromatic heterocycles. The third kappa shape index (κ3) is 5.25. The molecule has 2 aromatic rings. The maximum absolute atomic E-state index is 11.8. The van der Waals surface area contributed by atoms with Crippen LogP contribution in [0.1, 0.15) is 29.5 Å². The zero-order valence-electron chi connectivity index (χ0n) is 13.5. The highest BCUT2D eigenvalue weighted by atomic mass is 16.2. The third-order valence-corrected chi connectivity index (χ3v) is 3.72. The molecular weight excluding hydrogens is 288 g/mol. The number of hydrogen-bond acceptors (Lipinski definition) is 2. The summed E-state index contributed by atoms with van der Waals surface area (Å²) in [5.74, 6) is -1.05. The minimum absolute atomic E-state index is 0.157. The molecule has 120 valence electrons. The van der Waals surface area contributed by atoms with Crippen LogP contribution in [-0.4, -0.2) is 18.4 Å². The fourth-order valence-corrected chi connectivity index (χ4v) is 2.19. The van der Waals surface area contributed by atoms with Crippen molar-refractivity contribution in [3.63, 3.8) is 0 Å². The summed E-state index contributed by atoms with van der Waals surface area (Å²) < 4.78 is 0. The summed E-state index contributed by atoms with van der Waals surface area (Å²) in [6.45, 7) is 4.80. The molecule has 4 heteroatoms. The summed E-state index contributed by atoms with van der Waals surface area (Å²) in [6, 6.07) is 17.7. The van der Waals surface area contributed by atoms with Crippen molar-refractivity contribution in [3.8, 4) is 0 Å². The predicted molar refractivity (Wildman–Crippen MR) is 90.9 cm³/mol. The van der Waals surface area contributed by atoms with Crippen molar-refractivity contribution in [3.05, 3.63) is 71.3 Å². The van der Waals surface area contributed by atoms with Gasteiger partial charge in [0.15, 0.2) is 0 Å². The Morgan fingerprint density at radius 1 is 0.913 bits per heavy atom. The second-order valence-electron chi connectivity index (χ2n) is 5.69. The second kappa shape index (κ2) is 8.13. The normalized spacial score (nSPS) is 11.6. The third-order valence-electron chi connectivity index (χ3n) is 3.72. The van der Waals surface area contributed by atoms with Gasteiger partial charge in [0.25, 0.3) is 0 Å². The summed E-state index contributed by atoms with van der Waals surface area (Å²) in [6.07, 6.45) is 0. The maximum atomic E-state index is 11.8. The molecule has 2 rings (SSSR count). The molecule has 0 saturated heterocycles. The van der Waals surface area contributed by atoms with Crippen LogP contribution in [0.15, 0.2) is 54.6 Å². The summed E-state index contributed by atoms with van der Waals surface area (Å²) in [7, 11) is 0. The van der Waals surface area contributed by atoms with Crippen molar-refractivity contribution >= 4 is 11.8 Å². The Hall–Kier alpha value is -2.62. The topological polar surface area (TPSA) is 58.2 Å². The van der Waals surface area contributed by atoms with Crippen LogP contribution in [0, 0.1) is 6.92 Å². The monoisotopic (exact) mass is 310 g/mol. The Bertz CT molecular complexity index is 651.